The fourth-order valence-electron chi connectivity index (χ4n) is 0.849. The molecule has 1 aromatic rings. The Morgan fingerprint density at radius 2 is 2.38 bits per heavy atom. The lowest BCUT2D eigenvalue weighted by molar-refractivity contribution is 0.828. The van der Waals surface area contributed by atoms with Gasteiger partial charge in [-0.1, -0.05) is 0 Å². The van der Waals surface area contributed by atoms with Crippen molar-refractivity contribution in [2.24, 2.45) is 0 Å². The van der Waals surface area contributed by atoms with Gasteiger partial charge in [0, 0.05) is 4.88 Å². The second kappa shape index (κ2) is 1.23. The Hall–Kier alpha value is -0.570. The normalized spacial score (nSPS) is 15.0. The molecular formula is C5H6N2S. The first-order valence-electron chi connectivity index (χ1n) is 2.60. The van der Waals surface area contributed by atoms with Crippen LogP contribution in [0.3, 0.4) is 0 Å². The smallest absolute Gasteiger partial charge is 0.180 e. The quantitative estimate of drug-likeness (QED) is 0.559. The Kier molecular flexibility index (Phi) is 0.663. The molecule has 1 heterocycles. The standard InChI is InChI=1S/C5H6N2S/c6-5-7-3-1-2-4(3)8-5/h1-2H2,(H2,6,7). The van der Waals surface area contributed by atoms with Gasteiger partial charge in [0.25, 0.3) is 0 Å². The Balaban J connectivity index is 2.61. The number of hydrogen-bond donors (Lipinski definition) is 1. The van der Waals surface area contributed by atoms with E-state index in [-0.39, 0.29) is 0 Å². The van der Waals surface area contributed by atoms with Crippen molar-refractivity contribution >= 4 is 16.5 Å². The summed E-state index contributed by atoms with van der Waals surface area (Å²) in [6, 6.07) is 0. The van der Waals surface area contributed by atoms with E-state index in [2.05, 4.69) is 4.98 Å². The highest BCUT2D eigenvalue weighted by molar-refractivity contribution is 7.15. The maximum Gasteiger partial charge on any atom is 0.180 e. The van der Waals surface area contributed by atoms with Crippen LogP contribution >= 0.6 is 11.3 Å². The Morgan fingerprint density at radius 1 is 1.50 bits per heavy atom. The molecule has 0 bridgehead atoms. The molecule has 0 radical (unpaired) electrons. The average molecular weight is 126 g/mol. The minimum atomic E-state index is 0.729. The number of anilines is 1. The third kappa shape index (κ3) is 0.395. The zero-order chi connectivity index (χ0) is 5.56. The van der Waals surface area contributed by atoms with Crippen molar-refractivity contribution in [3.63, 3.8) is 0 Å². The molecule has 0 unspecified atom stereocenters. The lowest BCUT2D eigenvalue weighted by Gasteiger charge is -2.07. The van der Waals surface area contributed by atoms with Gasteiger partial charge in [-0.15, -0.1) is 11.3 Å². The molecule has 2 rings (SSSR count). The third-order valence-corrected chi connectivity index (χ3v) is 2.37. The van der Waals surface area contributed by atoms with Gasteiger partial charge in [0.15, 0.2) is 5.13 Å². The van der Waals surface area contributed by atoms with Gasteiger partial charge in [-0.05, 0) is 12.8 Å². The summed E-state index contributed by atoms with van der Waals surface area (Å²) in [5.41, 5.74) is 6.66. The molecule has 0 atom stereocenters. The SMILES string of the molecule is Nc1nc2c(s1)CC2. The molecule has 2 nitrogen and oxygen atoms in total. The maximum absolute atomic E-state index is 5.43. The lowest BCUT2D eigenvalue weighted by atomic mass is 10.0. The van der Waals surface area contributed by atoms with Crippen LogP contribution in [0.5, 0.6) is 0 Å². The number of aromatic nitrogens is 1. The van der Waals surface area contributed by atoms with Gasteiger partial charge in [-0.2, -0.15) is 0 Å². The van der Waals surface area contributed by atoms with Gasteiger partial charge in [0.1, 0.15) is 0 Å². The summed E-state index contributed by atoms with van der Waals surface area (Å²) >= 11 is 1.62. The predicted molar refractivity (Wildman–Crippen MR) is 33.9 cm³/mol. The van der Waals surface area contributed by atoms with Crippen LogP contribution in [0.1, 0.15) is 10.6 Å². The van der Waals surface area contributed by atoms with Gasteiger partial charge >= 0.3 is 0 Å². The average Bonchev–Trinajstić information content (AvgIpc) is 1.91. The molecule has 0 aromatic carbocycles. The van der Waals surface area contributed by atoms with E-state index >= 15 is 0 Å². The number of nitrogens with two attached hydrogens (primary N) is 1. The van der Waals surface area contributed by atoms with E-state index in [9.17, 15) is 0 Å². The van der Waals surface area contributed by atoms with E-state index in [1.165, 1.54) is 17.0 Å². The summed E-state index contributed by atoms with van der Waals surface area (Å²) in [7, 11) is 0. The fourth-order valence-corrected chi connectivity index (χ4v) is 1.73. The fraction of sp³-hybridized carbons (Fsp3) is 0.400. The molecular weight excluding hydrogens is 120 g/mol. The van der Waals surface area contributed by atoms with E-state index in [0.29, 0.717) is 0 Å². The van der Waals surface area contributed by atoms with Crippen molar-refractivity contribution in [2.45, 2.75) is 12.8 Å². The van der Waals surface area contributed by atoms with Gasteiger partial charge in [-0.25, -0.2) is 4.98 Å². The molecule has 0 saturated heterocycles. The monoisotopic (exact) mass is 126 g/mol. The van der Waals surface area contributed by atoms with E-state index in [1.54, 1.807) is 11.3 Å². The van der Waals surface area contributed by atoms with Gasteiger partial charge < -0.3 is 5.73 Å². The number of thiazole rings is 1. The summed E-state index contributed by atoms with van der Waals surface area (Å²) in [5.74, 6) is 0. The molecule has 1 aromatic heterocycles. The summed E-state index contributed by atoms with van der Waals surface area (Å²) in [6.45, 7) is 0. The molecule has 1 aliphatic carbocycles. The van der Waals surface area contributed by atoms with Crippen LogP contribution in [0.2, 0.25) is 0 Å². The highest BCUT2D eigenvalue weighted by Crippen LogP contribution is 2.29. The van der Waals surface area contributed by atoms with Crippen molar-refractivity contribution in [1.82, 2.24) is 4.98 Å². The second-order valence-corrected chi connectivity index (χ2v) is 3.04. The van der Waals surface area contributed by atoms with Crippen molar-refractivity contribution in [3.8, 4) is 0 Å². The van der Waals surface area contributed by atoms with Crippen LogP contribution in [0.25, 0.3) is 0 Å². The summed E-state index contributed by atoms with van der Waals surface area (Å²) in [5, 5.41) is 0.729. The van der Waals surface area contributed by atoms with Crippen molar-refractivity contribution in [3.05, 3.63) is 10.6 Å². The van der Waals surface area contributed by atoms with E-state index in [4.69, 9.17) is 5.73 Å². The Bertz CT molecular complexity index is 195. The summed E-state index contributed by atoms with van der Waals surface area (Å²) < 4.78 is 0. The summed E-state index contributed by atoms with van der Waals surface area (Å²) in [4.78, 5) is 5.48. The molecule has 8 heavy (non-hydrogen) atoms. The van der Waals surface area contributed by atoms with Gasteiger partial charge in [0.05, 0.1) is 5.69 Å². The zero-order valence-corrected chi connectivity index (χ0v) is 5.16. The number of hydrogen-bond acceptors (Lipinski definition) is 3. The van der Waals surface area contributed by atoms with E-state index in [1.807, 2.05) is 0 Å². The number of aryl methyl sites for hydroxylation is 2. The molecule has 0 amide bonds. The lowest BCUT2D eigenvalue weighted by Crippen LogP contribution is -2.03. The molecule has 0 aliphatic heterocycles. The number of nitrogens with zero attached hydrogens (tertiary/aromatic N) is 1. The number of fused-ring (bicyclic) bond motifs is 1. The highest BCUT2D eigenvalue weighted by atomic mass is 32.1. The highest BCUT2D eigenvalue weighted by Gasteiger charge is 2.17. The van der Waals surface area contributed by atoms with Crippen LogP contribution in [0.4, 0.5) is 5.13 Å². The number of rotatable bonds is 0. The van der Waals surface area contributed by atoms with E-state index in [0.717, 1.165) is 11.6 Å². The van der Waals surface area contributed by atoms with Crippen LogP contribution < -0.4 is 5.73 Å². The van der Waals surface area contributed by atoms with E-state index < -0.39 is 0 Å². The first-order valence-corrected chi connectivity index (χ1v) is 3.42. The van der Waals surface area contributed by atoms with Crippen molar-refractivity contribution in [1.29, 1.82) is 0 Å². The molecule has 2 N–H and O–H groups in total. The molecule has 42 valence electrons. The minimum absolute atomic E-state index is 0.729. The van der Waals surface area contributed by atoms with Crippen LogP contribution in [-0.4, -0.2) is 4.98 Å². The maximum atomic E-state index is 5.43. The van der Waals surface area contributed by atoms with Crippen LogP contribution in [-0.2, 0) is 12.8 Å². The Morgan fingerprint density at radius 3 is 2.62 bits per heavy atom. The Labute approximate surface area is 51.4 Å². The van der Waals surface area contributed by atoms with Crippen LogP contribution in [0, 0.1) is 0 Å². The largest absolute Gasteiger partial charge is 0.375 e. The van der Waals surface area contributed by atoms with Gasteiger partial charge in [-0.3, -0.25) is 0 Å². The first kappa shape index (κ1) is 4.32. The third-order valence-electron chi connectivity index (χ3n) is 1.38. The van der Waals surface area contributed by atoms with Crippen LogP contribution in [0.15, 0.2) is 0 Å². The van der Waals surface area contributed by atoms with Crippen molar-refractivity contribution < 1.29 is 0 Å². The predicted octanol–water partition coefficient (Wildman–Crippen LogP) is 0.824. The minimum Gasteiger partial charge on any atom is -0.375 e. The second-order valence-electron chi connectivity index (χ2n) is 1.92. The summed E-state index contributed by atoms with van der Waals surface area (Å²) in [6.07, 6.45) is 2.34. The molecule has 1 aliphatic rings. The number of nitrogen functional groups attached to an aromatic ring is 1. The zero-order valence-electron chi connectivity index (χ0n) is 4.35. The molecule has 0 saturated carbocycles. The molecule has 3 heteroatoms. The first-order chi connectivity index (χ1) is 3.86. The van der Waals surface area contributed by atoms with Gasteiger partial charge in [0.2, 0.25) is 0 Å². The topological polar surface area (TPSA) is 38.9 Å². The van der Waals surface area contributed by atoms with Crippen molar-refractivity contribution in [2.75, 3.05) is 5.73 Å². The molecule has 0 fully saturated rings. The molecule has 0 spiro atoms.